The number of hydrogen-bond acceptors (Lipinski definition) is 5. The van der Waals surface area contributed by atoms with Crippen LogP contribution in [-0.4, -0.2) is 51.1 Å². The van der Waals surface area contributed by atoms with Crippen molar-refractivity contribution in [1.82, 2.24) is 14.5 Å². The van der Waals surface area contributed by atoms with Gasteiger partial charge in [-0.1, -0.05) is 41.4 Å². The van der Waals surface area contributed by atoms with Crippen molar-refractivity contribution in [3.05, 3.63) is 92.5 Å². The van der Waals surface area contributed by atoms with E-state index >= 15 is 4.39 Å². The average Bonchev–Trinajstić information content (AvgIpc) is 3.58. The summed E-state index contributed by atoms with van der Waals surface area (Å²) in [5.41, 5.74) is 3.88. The Bertz CT molecular complexity index is 1890. The van der Waals surface area contributed by atoms with E-state index in [-0.39, 0.29) is 35.5 Å². The first kappa shape index (κ1) is 28.0. The highest BCUT2D eigenvalue weighted by molar-refractivity contribution is 6.31. The molecule has 226 valence electrons. The quantitative estimate of drug-likeness (QED) is 0.243. The number of halogens is 3. The number of carbonyl (C=O) groups excluding carboxylic acids is 2. The Morgan fingerprint density at radius 3 is 2.77 bits per heavy atom. The van der Waals surface area contributed by atoms with Crippen molar-refractivity contribution in [1.29, 1.82) is 0 Å². The normalized spacial score (nSPS) is 25.7. The molecule has 1 aliphatic carbocycles. The molecule has 3 aromatic carbocycles. The number of fused-ring (bicyclic) bond motifs is 6. The number of aryl methyl sites for hydroxylation is 1. The zero-order chi connectivity index (χ0) is 30.5. The number of benzene rings is 3. The molecule has 4 heterocycles. The molecule has 1 spiro atoms. The van der Waals surface area contributed by atoms with E-state index in [2.05, 4.69) is 14.8 Å². The van der Waals surface area contributed by atoms with E-state index in [4.69, 9.17) is 32.9 Å². The van der Waals surface area contributed by atoms with Gasteiger partial charge in [0.1, 0.15) is 17.2 Å². The Morgan fingerprint density at radius 1 is 1.18 bits per heavy atom. The van der Waals surface area contributed by atoms with Crippen molar-refractivity contribution >= 4 is 51.8 Å². The van der Waals surface area contributed by atoms with Crippen molar-refractivity contribution in [3.8, 4) is 0 Å². The number of esters is 1. The van der Waals surface area contributed by atoms with Crippen LogP contribution in [0.3, 0.4) is 0 Å². The molecule has 2 fully saturated rings. The lowest BCUT2D eigenvalue weighted by Gasteiger charge is -2.46. The molecule has 0 unspecified atom stereocenters. The molecule has 10 heteroatoms. The summed E-state index contributed by atoms with van der Waals surface area (Å²) in [7, 11) is 0. The van der Waals surface area contributed by atoms with Crippen molar-refractivity contribution in [2.45, 2.75) is 63.1 Å². The first-order valence-electron chi connectivity index (χ1n) is 15.2. The van der Waals surface area contributed by atoms with Gasteiger partial charge in [-0.25, -0.2) is 14.2 Å². The van der Waals surface area contributed by atoms with E-state index in [1.807, 2.05) is 25.1 Å². The summed E-state index contributed by atoms with van der Waals surface area (Å²) in [4.78, 5) is 34.8. The molecule has 7 nitrogen and oxygen atoms in total. The van der Waals surface area contributed by atoms with Crippen LogP contribution in [0.4, 0.5) is 10.1 Å². The molecule has 4 aromatic rings. The highest BCUT2D eigenvalue weighted by atomic mass is 35.5. The Kier molecular flexibility index (Phi) is 6.39. The molecule has 1 amide bonds. The fourth-order valence-electron chi connectivity index (χ4n) is 8.07. The minimum atomic E-state index is -1.07. The molecule has 1 aromatic heterocycles. The molecule has 1 saturated heterocycles. The van der Waals surface area contributed by atoms with Gasteiger partial charge in [-0.3, -0.25) is 9.69 Å². The first-order chi connectivity index (χ1) is 21.2. The predicted octanol–water partition coefficient (Wildman–Crippen LogP) is 6.88. The fourth-order valence-corrected chi connectivity index (χ4v) is 8.42. The lowest BCUT2D eigenvalue weighted by atomic mass is 9.69. The third-order valence-electron chi connectivity index (χ3n) is 10.1. The maximum Gasteiger partial charge on any atom is 0.338 e. The second-order valence-corrected chi connectivity index (χ2v) is 13.5. The van der Waals surface area contributed by atoms with Gasteiger partial charge in [-0.05, 0) is 79.6 Å². The zero-order valence-corrected chi connectivity index (χ0v) is 25.9. The number of hydrogen-bond donors (Lipinski definition) is 1. The average molecular weight is 634 g/mol. The van der Waals surface area contributed by atoms with Crippen LogP contribution in [0.5, 0.6) is 0 Å². The summed E-state index contributed by atoms with van der Waals surface area (Å²) in [5, 5.41) is 3.74. The molecule has 4 aliphatic rings. The SMILES string of the molecule is CCOC(=O)c1cc2nc3n(c2cc1C)C[C@H]1[C@@H]3[C@H](c2cccc(Cl)c2F)[C@@]2(Cc3ccc(Cl)cc3NC2=O)N1CC1CC1. The molecular weight excluding hydrogens is 602 g/mol. The van der Waals surface area contributed by atoms with Crippen molar-refractivity contribution < 1.29 is 18.7 Å². The third-order valence-corrected chi connectivity index (χ3v) is 10.7. The molecule has 3 aliphatic heterocycles. The van der Waals surface area contributed by atoms with Crippen molar-refractivity contribution in [2.75, 3.05) is 18.5 Å². The number of carbonyl (C=O) groups is 2. The number of nitrogens with one attached hydrogen (secondary N) is 1. The van der Waals surface area contributed by atoms with Gasteiger partial charge in [0, 0.05) is 48.1 Å². The van der Waals surface area contributed by atoms with Crippen molar-refractivity contribution in [3.63, 3.8) is 0 Å². The van der Waals surface area contributed by atoms with Crippen LogP contribution < -0.4 is 5.32 Å². The van der Waals surface area contributed by atoms with Gasteiger partial charge in [0.25, 0.3) is 0 Å². The lowest BCUT2D eigenvalue weighted by molar-refractivity contribution is -0.129. The zero-order valence-electron chi connectivity index (χ0n) is 24.4. The standard InChI is InChI=1S/C34H31Cl2FN4O3/c1-3-44-32(42)22-13-25-26(11-17(22)2)40-16-27-28(31(40)38-25)29(21-5-4-6-23(36)30(21)37)34(41(27)15-18-7-8-18)14-19-9-10-20(35)12-24(19)39-33(34)43/h4-6,9-13,18,27-29H,3,7-8,14-16H2,1-2H3,(H,39,43)/t27-,28+,29-,34+/m0/s1. The molecule has 4 atom stereocenters. The summed E-state index contributed by atoms with van der Waals surface area (Å²) in [6, 6.07) is 14.3. The molecule has 44 heavy (non-hydrogen) atoms. The van der Waals surface area contributed by atoms with Gasteiger partial charge < -0.3 is 14.6 Å². The van der Waals surface area contributed by atoms with Crippen LogP contribution in [-0.2, 0) is 22.5 Å². The highest BCUT2D eigenvalue weighted by Crippen LogP contribution is 2.61. The molecule has 0 radical (unpaired) electrons. The van der Waals surface area contributed by atoms with Gasteiger partial charge in [-0.15, -0.1) is 0 Å². The van der Waals surface area contributed by atoms with Crippen LogP contribution in [0.25, 0.3) is 11.0 Å². The first-order valence-corrected chi connectivity index (χ1v) is 15.9. The summed E-state index contributed by atoms with van der Waals surface area (Å²) in [6.07, 6.45) is 2.63. The highest BCUT2D eigenvalue weighted by Gasteiger charge is 2.67. The number of anilines is 1. The number of amides is 1. The van der Waals surface area contributed by atoms with E-state index in [1.54, 1.807) is 37.3 Å². The number of rotatable bonds is 5. The lowest BCUT2D eigenvalue weighted by Crippen LogP contribution is -2.61. The topological polar surface area (TPSA) is 76.5 Å². The molecule has 1 saturated carbocycles. The van der Waals surface area contributed by atoms with Gasteiger partial charge in [0.2, 0.25) is 5.91 Å². The summed E-state index contributed by atoms with van der Waals surface area (Å²) < 4.78 is 23.7. The molecular formula is C34H31Cl2FN4O3. The maximum atomic E-state index is 16.2. The van der Waals surface area contributed by atoms with E-state index < -0.39 is 17.3 Å². The number of ether oxygens (including phenoxy) is 1. The monoisotopic (exact) mass is 632 g/mol. The molecule has 0 bridgehead atoms. The van der Waals surface area contributed by atoms with Crippen molar-refractivity contribution in [2.24, 2.45) is 5.92 Å². The number of nitrogens with zero attached hydrogens (tertiary/aromatic N) is 3. The number of aromatic nitrogens is 2. The predicted molar refractivity (Wildman–Crippen MR) is 167 cm³/mol. The maximum absolute atomic E-state index is 16.2. The minimum Gasteiger partial charge on any atom is -0.462 e. The Labute approximate surface area is 264 Å². The smallest absolute Gasteiger partial charge is 0.338 e. The summed E-state index contributed by atoms with van der Waals surface area (Å²) in [6.45, 7) is 5.30. The Balaban J connectivity index is 1.35. The minimum absolute atomic E-state index is 0.0273. The van der Waals surface area contributed by atoms with Gasteiger partial charge >= 0.3 is 5.97 Å². The molecule has 8 rings (SSSR count). The van der Waals surface area contributed by atoms with Crippen LogP contribution in [0.15, 0.2) is 48.5 Å². The van der Waals surface area contributed by atoms with Gasteiger partial charge in [0.05, 0.1) is 28.2 Å². The summed E-state index contributed by atoms with van der Waals surface area (Å²) >= 11 is 12.7. The summed E-state index contributed by atoms with van der Waals surface area (Å²) in [5.74, 6) is -0.636. The third kappa shape index (κ3) is 4.00. The van der Waals surface area contributed by atoms with Crippen LogP contribution in [0, 0.1) is 18.7 Å². The van der Waals surface area contributed by atoms with E-state index in [0.29, 0.717) is 46.2 Å². The van der Waals surface area contributed by atoms with E-state index in [9.17, 15) is 9.59 Å². The number of imidazole rings is 1. The second-order valence-electron chi connectivity index (χ2n) is 12.6. The van der Waals surface area contributed by atoms with Gasteiger partial charge in [0.15, 0.2) is 0 Å². The van der Waals surface area contributed by atoms with Crippen LogP contribution >= 0.6 is 23.2 Å². The molecule has 1 N–H and O–H groups in total. The van der Waals surface area contributed by atoms with Crippen LogP contribution in [0.1, 0.15) is 64.5 Å². The fraction of sp³-hybridized carbons (Fsp3) is 0.382. The van der Waals surface area contributed by atoms with E-state index in [1.165, 1.54) is 0 Å². The largest absolute Gasteiger partial charge is 0.462 e. The number of likely N-dealkylation sites (tertiary alicyclic amines) is 1. The Morgan fingerprint density at radius 2 is 2.00 bits per heavy atom. The van der Waals surface area contributed by atoms with Gasteiger partial charge in [-0.2, -0.15) is 0 Å². The second kappa shape index (κ2) is 10.0. The Hall–Kier alpha value is -3.46. The van der Waals surface area contributed by atoms with E-state index in [0.717, 1.165) is 41.9 Å². The van der Waals surface area contributed by atoms with Crippen LogP contribution in [0.2, 0.25) is 10.0 Å².